The molecule has 1 aliphatic heterocycles. The van der Waals surface area contributed by atoms with Crippen LogP contribution < -0.4 is 0 Å². The van der Waals surface area contributed by atoms with Crippen LogP contribution in [0.5, 0.6) is 0 Å². The zero-order valence-electron chi connectivity index (χ0n) is 21.4. The molecule has 3 atom stereocenters. The van der Waals surface area contributed by atoms with Crippen LogP contribution in [-0.2, 0) is 6.42 Å². The van der Waals surface area contributed by atoms with Gasteiger partial charge in [0.05, 0.1) is 11.8 Å². The third kappa shape index (κ3) is 8.74. The highest BCUT2D eigenvalue weighted by atomic mass is 32.2. The Bertz CT molecular complexity index is 1080. The average molecular weight is 487 g/mol. The molecule has 0 saturated carbocycles. The smallest absolute Gasteiger partial charge is 0.0852 e. The summed E-state index contributed by atoms with van der Waals surface area (Å²) < 4.78 is 0. The van der Waals surface area contributed by atoms with Crippen molar-refractivity contribution in [2.45, 2.75) is 77.1 Å². The van der Waals surface area contributed by atoms with E-state index in [0.717, 1.165) is 42.7 Å². The van der Waals surface area contributed by atoms with Gasteiger partial charge >= 0.3 is 0 Å². The lowest BCUT2D eigenvalue weighted by molar-refractivity contribution is 0.677. The summed E-state index contributed by atoms with van der Waals surface area (Å²) in [6.07, 6.45) is 6.51. The number of hydrogen-bond acceptors (Lipinski definition) is 5. The Kier molecular flexibility index (Phi) is 10.2. The third-order valence-electron chi connectivity index (χ3n) is 6.22. The Labute approximate surface area is 215 Å². The monoisotopic (exact) mass is 486 g/mol. The normalized spacial score (nSPS) is 17.9. The zero-order chi connectivity index (χ0) is 25.2. The van der Waals surface area contributed by atoms with E-state index in [1.807, 2.05) is 31.7 Å². The van der Waals surface area contributed by atoms with Crippen LogP contribution in [0, 0.1) is 10.8 Å². The first-order chi connectivity index (χ1) is 16.8. The second-order valence-corrected chi connectivity index (χ2v) is 10.7. The van der Waals surface area contributed by atoms with Crippen molar-refractivity contribution in [1.82, 2.24) is 0 Å². The number of hydrogen-bond donors (Lipinski definition) is 2. The zero-order valence-corrected chi connectivity index (χ0v) is 22.2. The maximum Gasteiger partial charge on any atom is 0.0852 e. The van der Waals surface area contributed by atoms with Crippen molar-refractivity contribution in [3.8, 4) is 11.1 Å². The quantitative estimate of drug-likeness (QED) is 0.295. The molecule has 2 aromatic carbocycles. The summed E-state index contributed by atoms with van der Waals surface area (Å²) in [6, 6.07) is 19.1. The summed E-state index contributed by atoms with van der Waals surface area (Å²) in [5.41, 5.74) is 6.70. The molecule has 1 aliphatic rings. The second-order valence-electron chi connectivity index (χ2n) is 9.47. The van der Waals surface area contributed by atoms with Crippen LogP contribution >= 0.6 is 11.8 Å². The van der Waals surface area contributed by atoms with Gasteiger partial charge in [-0.05, 0) is 75.5 Å². The Hall–Kier alpha value is -2.79. The molecule has 0 aliphatic carbocycles. The van der Waals surface area contributed by atoms with Crippen LogP contribution in [0.25, 0.3) is 11.1 Å². The number of rotatable bonds is 12. The van der Waals surface area contributed by atoms with E-state index in [2.05, 4.69) is 73.9 Å². The van der Waals surface area contributed by atoms with E-state index in [1.54, 1.807) is 0 Å². The van der Waals surface area contributed by atoms with Crippen molar-refractivity contribution >= 4 is 34.6 Å². The minimum absolute atomic E-state index is 0.0707. The molecule has 0 bridgehead atoms. The largest absolute Gasteiger partial charge is 0.310 e. The SMILES string of the molecule is CC(=N)CCC(C)N=C(CC1CC=CS1)C(C)N=C(Cc1ccc(-c2ccccc2)cc1)C(C)=N. The summed E-state index contributed by atoms with van der Waals surface area (Å²) >= 11 is 1.87. The Morgan fingerprint density at radius 1 is 0.971 bits per heavy atom. The number of benzene rings is 2. The molecule has 1 heterocycles. The number of nitrogens with one attached hydrogen (secondary N) is 2. The predicted molar refractivity (Wildman–Crippen MR) is 155 cm³/mol. The van der Waals surface area contributed by atoms with E-state index in [4.69, 9.17) is 20.8 Å². The molecule has 35 heavy (non-hydrogen) atoms. The van der Waals surface area contributed by atoms with Gasteiger partial charge in [0.2, 0.25) is 0 Å². The van der Waals surface area contributed by atoms with Gasteiger partial charge in [0.25, 0.3) is 0 Å². The van der Waals surface area contributed by atoms with Gasteiger partial charge in [0.15, 0.2) is 0 Å². The molecule has 2 N–H and O–H groups in total. The summed E-state index contributed by atoms with van der Waals surface area (Å²) in [4.78, 5) is 10.1. The Morgan fingerprint density at radius 3 is 2.26 bits per heavy atom. The molecule has 0 aromatic heterocycles. The first-order valence-electron chi connectivity index (χ1n) is 12.5. The standard InChI is InChI=1S/C30H38N4S/c1-21(31)12-13-22(2)33-30(20-28-11-8-18-35-28)24(4)34-29(23(3)32)19-25-14-16-27(17-15-25)26-9-6-5-7-10-26/h5-10,14-18,22,24,28,31-32H,11-13,19-20H2,1-4H3. The number of nitrogens with zero attached hydrogens (tertiary/aromatic N) is 2. The van der Waals surface area contributed by atoms with Gasteiger partial charge in [-0.2, -0.15) is 0 Å². The van der Waals surface area contributed by atoms with Crippen LogP contribution in [0.2, 0.25) is 0 Å². The molecule has 4 nitrogen and oxygen atoms in total. The van der Waals surface area contributed by atoms with E-state index < -0.39 is 0 Å². The van der Waals surface area contributed by atoms with Gasteiger partial charge in [-0.3, -0.25) is 9.98 Å². The van der Waals surface area contributed by atoms with E-state index in [0.29, 0.717) is 23.1 Å². The average Bonchev–Trinajstić information content (AvgIpc) is 3.36. The van der Waals surface area contributed by atoms with Gasteiger partial charge in [0, 0.05) is 34.8 Å². The molecule has 0 saturated heterocycles. The van der Waals surface area contributed by atoms with E-state index in [-0.39, 0.29) is 12.1 Å². The van der Waals surface area contributed by atoms with Crippen LogP contribution in [-0.4, -0.2) is 40.2 Å². The van der Waals surface area contributed by atoms with Crippen molar-refractivity contribution in [3.05, 3.63) is 71.6 Å². The highest BCUT2D eigenvalue weighted by Gasteiger charge is 2.20. The highest BCUT2D eigenvalue weighted by molar-refractivity contribution is 8.03. The molecule has 0 fully saturated rings. The first-order valence-corrected chi connectivity index (χ1v) is 13.4. The second kappa shape index (κ2) is 13.3. The summed E-state index contributed by atoms with van der Waals surface area (Å²) in [5, 5.41) is 18.8. The first kappa shape index (κ1) is 26.8. The van der Waals surface area contributed by atoms with Crippen molar-refractivity contribution < 1.29 is 0 Å². The van der Waals surface area contributed by atoms with Crippen molar-refractivity contribution in [1.29, 1.82) is 10.8 Å². The van der Waals surface area contributed by atoms with Crippen LogP contribution in [0.3, 0.4) is 0 Å². The molecule has 2 aromatic rings. The Morgan fingerprint density at radius 2 is 1.66 bits per heavy atom. The minimum Gasteiger partial charge on any atom is -0.310 e. The molecule has 0 radical (unpaired) electrons. The lowest BCUT2D eigenvalue weighted by Crippen LogP contribution is -2.25. The topological polar surface area (TPSA) is 72.4 Å². The van der Waals surface area contributed by atoms with E-state index >= 15 is 0 Å². The maximum atomic E-state index is 8.38. The van der Waals surface area contributed by atoms with Gasteiger partial charge in [0.1, 0.15) is 0 Å². The van der Waals surface area contributed by atoms with Crippen molar-refractivity contribution in [3.63, 3.8) is 0 Å². The molecule has 3 unspecified atom stereocenters. The summed E-state index contributed by atoms with van der Waals surface area (Å²) in [6.45, 7) is 7.93. The summed E-state index contributed by atoms with van der Waals surface area (Å²) in [5.74, 6) is 0. The molecular formula is C30H38N4S. The third-order valence-corrected chi connectivity index (χ3v) is 7.32. The van der Waals surface area contributed by atoms with Crippen molar-refractivity contribution in [2.75, 3.05) is 0 Å². The van der Waals surface area contributed by atoms with Gasteiger partial charge in [-0.15, -0.1) is 11.8 Å². The minimum atomic E-state index is -0.0707. The van der Waals surface area contributed by atoms with E-state index in [9.17, 15) is 0 Å². The molecule has 5 heteroatoms. The fraction of sp³-hybridized carbons (Fsp3) is 0.400. The number of allylic oxidation sites excluding steroid dienone is 1. The number of thioether (sulfide) groups is 1. The van der Waals surface area contributed by atoms with Gasteiger partial charge in [-0.1, -0.05) is 60.7 Å². The van der Waals surface area contributed by atoms with Crippen molar-refractivity contribution in [2.24, 2.45) is 9.98 Å². The molecule has 0 spiro atoms. The van der Waals surface area contributed by atoms with Crippen LogP contribution in [0.15, 0.2) is 76.1 Å². The number of aliphatic imine (C=N–C) groups is 2. The maximum absolute atomic E-state index is 8.38. The fourth-order valence-electron chi connectivity index (χ4n) is 4.12. The highest BCUT2D eigenvalue weighted by Crippen LogP contribution is 2.28. The lowest BCUT2D eigenvalue weighted by atomic mass is 10.00. The molecule has 0 amide bonds. The Balaban J connectivity index is 1.77. The van der Waals surface area contributed by atoms with E-state index in [1.165, 1.54) is 11.1 Å². The summed E-state index contributed by atoms with van der Waals surface area (Å²) in [7, 11) is 0. The van der Waals surface area contributed by atoms with Crippen LogP contribution in [0.4, 0.5) is 0 Å². The van der Waals surface area contributed by atoms with Gasteiger partial charge in [-0.25, -0.2) is 0 Å². The predicted octanol–water partition coefficient (Wildman–Crippen LogP) is 7.82. The van der Waals surface area contributed by atoms with Gasteiger partial charge < -0.3 is 10.8 Å². The molecule has 3 rings (SSSR count). The molecular weight excluding hydrogens is 448 g/mol. The van der Waals surface area contributed by atoms with Crippen LogP contribution in [0.1, 0.15) is 58.9 Å². The molecule has 184 valence electrons. The lowest BCUT2D eigenvalue weighted by Gasteiger charge is -2.19. The fourth-order valence-corrected chi connectivity index (χ4v) is 5.05.